The number of esters is 3. The van der Waals surface area contributed by atoms with E-state index >= 15 is 0 Å². The highest BCUT2D eigenvalue weighted by Crippen LogP contribution is 2.55. The Morgan fingerprint density at radius 1 is 1.21 bits per heavy atom. The predicted molar refractivity (Wildman–Crippen MR) is 92.5 cm³/mol. The molecule has 3 rings (SSSR count). The van der Waals surface area contributed by atoms with Crippen molar-refractivity contribution in [3.05, 3.63) is 24.3 Å². The van der Waals surface area contributed by atoms with Crippen molar-refractivity contribution < 1.29 is 43.8 Å². The lowest BCUT2D eigenvalue weighted by atomic mass is 9.73. The fourth-order valence-electron chi connectivity index (χ4n) is 4.75. The maximum atomic E-state index is 12.3. The molecule has 28 heavy (non-hydrogen) atoms. The summed E-state index contributed by atoms with van der Waals surface area (Å²) in [6, 6.07) is 0. The van der Waals surface area contributed by atoms with E-state index in [-0.39, 0.29) is 5.57 Å². The normalized spacial score (nSPS) is 44.4. The molecule has 8 atom stereocenters. The van der Waals surface area contributed by atoms with Gasteiger partial charge in [-0.2, -0.15) is 0 Å². The quantitative estimate of drug-likeness (QED) is 0.177. The topological polar surface area (TPSA) is 129 Å². The van der Waals surface area contributed by atoms with Gasteiger partial charge >= 0.3 is 17.9 Å². The van der Waals surface area contributed by atoms with Crippen LogP contribution >= 0.6 is 0 Å². The van der Waals surface area contributed by atoms with Gasteiger partial charge < -0.3 is 19.3 Å². The number of ether oxygens (including phenoxy) is 3. The molecule has 2 N–H and O–H groups in total. The van der Waals surface area contributed by atoms with Gasteiger partial charge in [-0.15, -0.1) is 0 Å². The molecule has 9 heteroatoms. The number of rotatable bonds is 3. The summed E-state index contributed by atoms with van der Waals surface area (Å²) in [7, 11) is 0. The summed E-state index contributed by atoms with van der Waals surface area (Å²) in [5, 5.41) is 21.0. The first-order valence-electron chi connectivity index (χ1n) is 8.92. The first-order valence-corrected chi connectivity index (χ1v) is 8.92. The van der Waals surface area contributed by atoms with Gasteiger partial charge in [0, 0.05) is 31.3 Å². The van der Waals surface area contributed by atoms with Gasteiger partial charge in [-0.05, 0) is 13.8 Å². The molecule has 9 nitrogen and oxygen atoms in total. The molecule has 1 heterocycles. The van der Waals surface area contributed by atoms with Crippen molar-refractivity contribution in [3.8, 4) is 0 Å². The molecule has 2 aliphatic carbocycles. The van der Waals surface area contributed by atoms with E-state index in [2.05, 4.69) is 6.58 Å². The number of hydrogen-bond acceptors (Lipinski definition) is 9. The van der Waals surface area contributed by atoms with Gasteiger partial charge in [0.25, 0.3) is 0 Å². The molecule has 0 aromatic heterocycles. The van der Waals surface area contributed by atoms with Gasteiger partial charge in [0.2, 0.25) is 0 Å². The molecule has 2 fully saturated rings. The first kappa shape index (κ1) is 20.5. The number of carbonyl (C=O) groups is 3. The van der Waals surface area contributed by atoms with Gasteiger partial charge in [0.05, 0.1) is 5.92 Å². The highest BCUT2D eigenvalue weighted by atomic mass is 17.1. The number of hydrogen-bond donors (Lipinski definition) is 2. The zero-order chi connectivity index (χ0) is 21.0. The van der Waals surface area contributed by atoms with E-state index in [9.17, 15) is 24.7 Å². The minimum absolute atomic E-state index is 0.0250. The van der Waals surface area contributed by atoms with Crippen molar-refractivity contribution in [2.75, 3.05) is 0 Å². The van der Waals surface area contributed by atoms with Crippen molar-refractivity contribution in [1.29, 1.82) is 0 Å². The molecular formula is C19H24O9. The fourth-order valence-corrected chi connectivity index (χ4v) is 4.75. The van der Waals surface area contributed by atoms with Crippen LogP contribution in [0.25, 0.3) is 0 Å². The average molecular weight is 396 g/mol. The molecular weight excluding hydrogens is 372 g/mol. The minimum Gasteiger partial charge on any atom is -0.458 e. The Hall–Kier alpha value is -2.23. The van der Waals surface area contributed by atoms with E-state index in [4.69, 9.17) is 19.1 Å². The van der Waals surface area contributed by atoms with Crippen molar-refractivity contribution in [2.45, 2.75) is 57.2 Å². The summed E-state index contributed by atoms with van der Waals surface area (Å²) in [5.41, 5.74) is -3.01. The SMILES string of the molecule is C=C1C(=O)O[C@H]2[C@H]1[C@@H](OC(C)=O)[C@@H](OC(C)=O)[C@@](C)(O)[C@H]1C=C[C@](C)(OO)[C@H]21. The number of aliphatic hydroxyl groups is 1. The molecule has 1 saturated heterocycles. The lowest BCUT2D eigenvalue weighted by molar-refractivity contribution is -0.324. The lowest BCUT2D eigenvalue weighted by Crippen LogP contribution is -2.55. The van der Waals surface area contributed by atoms with Gasteiger partial charge in [-0.25, -0.2) is 9.68 Å². The largest absolute Gasteiger partial charge is 0.458 e. The summed E-state index contributed by atoms with van der Waals surface area (Å²) < 4.78 is 16.3. The molecule has 0 spiro atoms. The summed E-state index contributed by atoms with van der Waals surface area (Å²) in [4.78, 5) is 40.6. The Morgan fingerprint density at radius 2 is 1.82 bits per heavy atom. The van der Waals surface area contributed by atoms with Crippen molar-refractivity contribution in [2.24, 2.45) is 17.8 Å². The third-order valence-corrected chi connectivity index (χ3v) is 5.99. The smallest absolute Gasteiger partial charge is 0.334 e. The second-order valence-corrected chi connectivity index (χ2v) is 7.94. The summed E-state index contributed by atoms with van der Waals surface area (Å²) in [5.74, 6) is -4.48. The fraction of sp³-hybridized carbons (Fsp3) is 0.632. The Labute approximate surface area is 161 Å². The first-order chi connectivity index (χ1) is 12.9. The van der Waals surface area contributed by atoms with E-state index in [0.717, 1.165) is 6.92 Å². The van der Waals surface area contributed by atoms with Crippen LogP contribution in [-0.4, -0.2) is 57.8 Å². The maximum absolute atomic E-state index is 12.3. The highest BCUT2D eigenvalue weighted by molar-refractivity contribution is 5.91. The molecule has 1 saturated carbocycles. The van der Waals surface area contributed by atoms with E-state index in [1.165, 1.54) is 13.8 Å². The van der Waals surface area contributed by atoms with Crippen LogP contribution in [-0.2, 0) is 33.5 Å². The Balaban J connectivity index is 2.21. The standard InChI is InChI=1S/C19H24O9/c1-8-12-14(27-17(8)22)13-11(6-7-18(13,4)28-24)19(5,23)16(26-10(3)21)15(12)25-9(2)20/h6-7,11-16,23-24H,1H2,2-5H3/t11-,12-,13-,14-,15+,16+,18-,19-/m0/s1. The van der Waals surface area contributed by atoms with Crippen molar-refractivity contribution in [1.82, 2.24) is 0 Å². The van der Waals surface area contributed by atoms with Crippen LogP contribution in [0.3, 0.4) is 0 Å². The molecule has 0 bridgehead atoms. The van der Waals surface area contributed by atoms with E-state index in [0.29, 0.717) is 0 Å². The number of carbonyl (C=O) groups excluding carboxylic acids is 3. The van der Waals surface area contributed by atoms with Gasteiger partial charge in [-0.1, -0.05) is 18.7 Å². The maximum Gasteiger partial charge on any atom is 0.334 e. The summed E-state index contributed by atoms with van der Waals surface area (Å²) >= 11 is 0. The van der Waals surface area contributed by atoms with Crippen LogP contribution in [0, 0.1) is 17.8 Å². The van der Waals surface area contributed by atoms with Gasteiger partial charge in [0.1, 0.15) is 17.3 Å². The van der Waals surface area contributed by atoms with Crippen LogP contribution in [0.15, 0.2) is 24.3 Å². The number of fused-ring (bicyclic) bond motifs is 3. The third kappa shape index (κ3) is 2.94. The highest BCUT2D eigenvalue weighted by Gasteiger charge is 2.67. The second kappa shape index (κ2) is 6.68. The molecule has 0 unspecified atom stereocenters. The monoisotopic (exact) mass is 396 g/mol. The summed E-state index contributed by atoms with van der Waals surface area (Å²) in [6.45, 7) is 9.10. The zero-order valence-corrected chi connectivity index (χ0v) is 16.1. The van der Waals surface area contributed by atoms with E-state index in [1.807, 2.05) is 0 Å². The Bertz CT molecular complexity index is 755. The predicted octanol–water partition coefficient (Wildman–Crippen LogP) is 0.763. The lowest BCUT2D eigenvalue weighted by Gasteiger charge is -2.41. The van der Waals surface area contributed by atoms with Gasteiger partial charge in [-0.3, -0.25) is 14.8 Å². The Kier molecular flexibility index (Phi) is 4.89. The molecule has 0 aromatic rings. The molecule has 0 amide bonds. The third-order valence-electron chi connectivity index (χ3n) is 5.99. The van der Waals surface area contributed by atoms with Crippen LogP contribution in [0.1, 0.15) is 27.7 Å². The second-order valence-electron chi connectivity index (χ2n) is 7.94. The Morgan fingerprint density at radius 3 is 2.36 bits per heavy atom. The zero-order valence-electron chi connectivity index (χ0n) is 16.1. The van der Waals surface area contributed by atoms with E-state index < -0.39 is 65.2 Å². The molecule has 0 aromatic carbocycles. The minimum atomic E-state index is -1.74. The van der Waals surface area contributed by atoms with E-state index in [1.54, 1.807) is 19.1 Å². The van der Waals surface area contributed by atoms with Crippen molar-refractivity contribution in [3.63, 3.8) is 0 Å². The molecule has 154 valence electrons. The van der Waals surface area contributed by atoms with Crippen molar-refractivity contribution >= 4 is 17.9 Å². The molecule has 0 radical (unpaired) electrons. The van der Waals surface area contributed by atoms with Crippen LogP contribution < -0.4 is 0 Å². The molecule has 1 aliphatic heterocycles. The van der Waals surface area contributed by atoms with Crippen LogP contribution in [0.4, 0.5) is 0 Å². The van der Waals surface area contributed by atoms with Crippen LogP contribution in [0.2, 0.25) is 0 Å². The molecule has 3 aliphatic rings. The van der Waals surface area contributed by atoms with Gasteiger partial charge in [0.15, 0.2) is 12.2 Å². The summed E-state index contributed by atoms with van der Waals surface area (Å²) in [6.07, 6.45) is -0.302. The average Bonchev–Trinajstić information content (AvgIpc) is 3.06. The van der Waals surface area contributed by atoms with Crippen LogP contribution in [0.5, 0.6) is 0 Å².